The molecule has 4 rings (SSSR count). The van der Waals surface area contributed by atoms with Gasteiger partial charge in [-0.2, -0.15) is 0 Å². The number of piperidine rings is 1. The van der Waals surface area contributed by atoms with Crippen molar-refractivity contribution in [2.45, 2.75) is 43.6 Å². The van der Waals surface area contributed by atoms with Crippen molar-refractivity contribution >= 4 is 13.6 Å². The first-order chi connectivity index (χ1) is 11.8. The fourth-order valence-electron chi connectivity index (χ4n) is 5.23. The molecular weight excluding hydrogens is 345 g/mol. The van der Waals surface area contributed by atoms with E-state index in [9.17, 15) is 14.5 Å². The number of phosphoric ester groups is 1. The molecular formula is C17H22NO6P. The van der Waals surface area contributed by atoms with Gasteiger partial charge in [-0.1, -0.05) is 12.1 Å². The van der Waals surface area contributed by atoms with Crippen LogP contribution in [0.25, 0.3) is 0 Å². The van der Waals surface area contributed by atoms with Crippen molar-refractivity contribution in [2.24, 2.45) is 5.92 Å². The summed E-state index contributed by atoms with van der Waals surface area (Å²) in [7, 11) is -4.55. The van der Waals surface area contributed by atoms with Crippen LogP contribution >= 0.6 is 7.82 Å². The number of aromatic hydroxyl groups is 1. The second kappa shape index (κ2) is 5.89. The Hall–Kier alpha value is -1.24. The monoisotopic (exact) mass is 367 g/mol. The van der Waals surface area contributed by atoms with Gasteiger partial charge in [0.15, 0.2) is 0 Å². The molecule has 0 aromatic heterocycles. The summed E-state index contributed by atoms with van der Waals surface area (Å²) >= 11 is 0. The number of phosphoric acid groups is 1. The Morgan fingerprint density at radius 2 is 2.16 bits per heavy atom. The molecule has 2 bridgehead atoms. The van der Waals surface area contributed by atoms with E-state index in [0.717, 1.165) is 24.0 Å². The number of phenols is 1. The van der Waals surface area contributed by atoms with Gasteiger partial charge in [-0.25, -0.2) is 4.57 Å². The number of phenolic OH excluding ortho intramolecular Hbond substituents is 1. The van der Waals surface area contributed by atoms with Gasteiger partial charge in [-0.15, -0.1) is 0 Å². The van der Waals surface area contributed by atoms with Crippen molar-refractivity contribution in [3.05, 3.63) is 29.3 Å². The van der Waals surface area contributed by atoms with Crippen LogP contribution in [0.5, 0.6) is 5.75 Å². The molecule has 0 unspecified atom stereocenters. The summed E-state index contributed by atoms with van der Waals surface area (Å²) in [6.07, 6.45) is 3.44. The van der Waals surface area contributed by atoms with Gasteiger partial charge in [0.25, 0.3) is 0 Å². The number of nitrogens with zero attached hydrogens (tertiary/aromatic N) is 1. The predicted molar refractivity (Wildman–Crippen MR) is 88.9 cm³/mol. The van der Waals surface area contributed by atoms with Gasteiger partial charge < -0.3 is 14.9 Å². The lowest BCUT2D eigenvalue weighted by Gasteiger charge is -2.57. The molecule has 25 heavy (non-hydrogen) atoms. The summed E-state index contributed by atoms with van der Waals surface area (Å²) in [5.74, 6) is 0.518. The van der Waals surface area contributed by atoms with E-state index in [2.05, 4.69) is 0 Å². The van der Waals surface area contributed by atoms with E-state index in [0.29, 0.717) is 25.8 Å². The van der Waals surface area contributed by atoms with E-state index < -0.39 is 13.2 Å². The molecule has 1 aromatic rings. The number of likely N-dealkylation sites (tertiary alicyclic amines) is 1. The maximum absolute atomic E-state index is 13.0. The first kappa shape index (κ1) is 17.2. The van der Waals surface area contributed by atoms with Gasteiger partial charge in [0.1, 0.15) is 18.3 Å². The molecule has 1 saturated carbocycles. The van der Waals surface area contributed by atoms with Crippen LogP contribution in [0.15, 0.2) is 18.2 Å². The number of benzene rings is 1. The zero-order chi connectivity index (χ0) is 17.8. The molecule has 3 aliphatic rings. The van der Waals surface area contributed by atoms with Crippen molar-refractivity contribution in [3.8, 4) is 5.75 Å². The number of carbonyl (C=O) groups excluding carboxylic acids is 1. The number of Topliss-reactive ketones (excluding diaryl/α,β-unsaturated/α-hetero) is 1. The molecule has 2 aliphatic carbocycles. The van der Waals surface area contributed by atoms with Crippen LogP contribution in [-0.4, -0.2) is 44.9 Å². The van der Waals surface area contributed by atoms with Crippen LogP contribution in [0.2, 0.25) is 0 Å². The van der Waals surface area contributed by atoms with Gasteiger partial charge >= 0.3 is 7.82 Å². The minimum Gasteiger partial charge on any atom is -0.508 e. The molecule has 136 valence electrons. The zero-order valence-electron chi connectivity index (χ0n) is 13.8. The van der Waals surface area contributed by atoms with E-state index in [1.54, 1.807) is 12.1 Å². The third-order valence-corrected chi connectivity index (χ3v) is 6.67. The topological polar surface area (TPSA) is 107 Å². The van der Waals surface area contributed by atoms with Gasteiger partial charge in [-0.05, 0) is 48.8 Å². The summed E-state index contributed by atoms with van der Waals surface area (Å²) in [4.78, 5) is 32.9. The highest BCUT2D eigenvalue weighted by molar-refractivity contribution is 7.46. The summed E-state index contributed by atoms with van der Waals surface area (Å²) in [5.41, 5.74) is 1.17. The Labute approximate surface area is 145 Å². The smallest absolute Gasteiger partial charge is 0.470 e. The highest BCUT2D eigenvalue weighted by Crippen LogP contribution is 2.55. The van der Waals surface area contributed by atoms with E-state index in [-0.39, 0.29) is 30.2 Å². The number of hydrogen-bond donors (Lipinski definition) is 3. The number of hydrogen-bond acceptors (Lipinski definition) is 5. The Bertz CT molecular complexity index is 762. The van der Waals surface area contributed by atoms with E-state index >= 15 is 0 Å². The Balaban J connectivity index is 1.76. The maximum atomic E-state index is 13.0. The van der Waals surface area contributed by atoms with Gasteiger partial charge in [0, 0.05) is 19.0 Å². The molecule has 0 amide bonds. The first-order valence-electron chi connectivity index (χ1n) is 8.62. The standard InChI is InChI=1S/C17H22NO6P/c19-15-5-1-3-12-11(15)9-14-13-4-2-6-16(20)17(12,13)7-8-18(14)10-24-25(21,22)23/h1,3,5,13-14,19H,2,4,6-10H2,(H2,21,22,23)/t13-,14+,17+/m0/s1. The highest BCUT2D eigenvalue weighted by atomic mass is 31.2. The second-order valence-corrected chi connectivity index (χ2v) is 8.52. The molecule has 0 spiro atoms. The summed E-state index contributed by atoms with van der Waals surface area (Å²) in [6.45, 7) is 0.376. The third kappa shape index (κ3) is 2.66. The van der Waals surface area contributed by atoms with Crippen LogP contribution in [0.1, 0.15) is 36.8 Å². The molecule has 8 heteroatoms. The van der Waals surface area contributed by atoms with Crippen LogP contribution in [-0.2, 0) is 25.7 Å². The lowest BCUT2D eigenvalue weighted by molar-refractivity contribution is -0.138. The number of ketones is 1. The fourth-order valence-corrected chi connectivity index (χ4v) is 5.53. The maximum Gasteiger partial charge on any atom is 0.470 e. The van der Waals surface area contributed by atoms with Crippen LogP contribution in [0.4, 0.5) is 0 Å². The number of fused-ring (bicyclic) bond motifs is 1. The molecule has 1 saturated heterocycles. The Morgan fingerprint density at radius 1 is 1.36 bits per heavy atom. The van der Waals surface area contributed by atoms with E-state index in [1.165, 1.54) is 0 Å². The second-order valence-electron chi connectivity index (χ2n) is 7.28. The average Bonchev–Trinajstić information content (AvgIpc) is 2.54. The average molecular weight is 367 g/mol. The van der Waals surface area contributed by atoms with Crippen molar-refractivity contribution in [2.75, 3.05) is 13.3 Å². The van der Waals surface area contributed by atoms with E-state index in [1.807, 2.05) is 11.0 Å². The van der Waals surface area contributed by atoms with Crippen molar-refractivity contribution in [1.29, 1.82) is 0 Å². The van der Waals surface area contributed by atoms with Crippen molar-refractivity contribution in [3.63, 3.8) is 0 Å². The van der Waals surface area contributed by atoms with Crippen molar-refractivity contribution in [1.82, 2.24) is 4.90 Å². The highest BCUT2D eigenvalue weighted by Gasteiger charge is 2.58. The molecule has 1 heterocycles. The minimum atomic E-state index is -4.55. The SMILES string of the molecule is O=C1CCC[C@H]2[C@H]3Cc4c(O)cccc4[C@@]12CCN3COP(=O)(O)O. The zero-order valence-corrected chi connectivity index (χ0v) is 14.7. The van der Waals surface area contributed by atoms with E-state index in [4.69, 9.17) is 14.3 Å². The molecule has 7 nitrogen and oxygen atoms in total. The van der Waals surface area contributed by atoms with Crippen LogP contribution < -0.4 is 0 Å². The molecule has 3 N–H and O–H groups in total. The predicted octanol–water partition coefficient (Wildman–Crippen LogP) is 1.70. The summed E-state index contributed by atoms with van der Waals surface area (Å²) in [5, 5.41) is 10.3. The normalized spacial score (nSPS) is 32.2. The van der Waals surface area contributed by atoms with Gasteiger partial charge in [-0.3, -0.25) is 14.2 Å². The molecule has 1 aliphatic heterocycles. The third-order valence-electron chi connectivity index (χ3n) is 6.21. The number of rotatable bonds is 3. The van der Waals surface area contributed by atoms with Gasteiger partial charge in [0.05, 0.1) is 5.41 Å². The molecule has 0 radical (unpaired) electrons. The fraction of sp³-hybridized carbons (Fsp3) is 0.588. The minimum absolute atomic E-state index is 0.0645. The molecule has 2 fully saturated rings. The van der Waals surface area contributed by atoms with Crippen LogP contribution in [0.3, 0.4) is 0 Å². The summed E-state index contributed by atoms with van der Waals surface area (Å²) < 4.78 is 15.8. The quantitative estimate of drug-likeness (QED) is 0.698. The largest absolute Gasteiger partial charge is 0.508 e. The Morgan fingerprint density at radius 3 is 2.92 bits per heavy atom. The number of carbonyl (C=O) groups is 1. The first-order valence-corrected chi connectivity index (χ1v) is 10.1. The molecule has 3 atom stereocenters. The lowest BCUT2D eigenvalue weighted by atomic mass is 9.52. The Kier molecular flexibility index (Phi) is 4.05. The van der Waals surface area contributed by atoms with Crippen molar-refractivity contribution < 1.29 is 28.8 Å². The van der Waals surface area contributed by atoms with Gasteiger partial charge in [0.2, 0.25) is 0 Å². The summed E-state index contributed by atoms with van der Waals surface area (Å²) in [6, 6.07) is 5.33. The molecule has 1 aromatic carbocycles. The lowest BCUT2D eigenvalue weighted by Crippen LogP contribution is -2.64. The van der Waals surface area contributed by atoms with Crippen LogP contribution in [0, 0.1) is 5.92 Å².